The Morgan fingerprint density at radius 3 is 2.71 bits per heavy atom. The van der Waals surface area contributed by atoms with E-state index in [4.69, 9.17) is 5.11 Å². The molecule has 0 saturated heterocycles. The Bertz CT molecular complexity index is 682. The molecule has 1 aromatic heterocycles. The standard InChI is InChI=1S/C14H15N3O3S/c1-8-4-3-5-11(13(18)19)12(8)17-14(20)16-7-10-6-15-9(2)21-10/h3-6H,7H2,1-2H3,(H,18,19)(H2,16,17,20). The molecule has 0 fully saturated rings. The lowest BCUT2D eigenvalue weighted by atomic mass is 10.1. The van der Waals surface area contributed by atoms with Crippen LogP contribution in [0.5, 0.6) is 0 Å². The first-order chi connectivity index (χ1) is 9.97. The number of aryl methyl sites for hydroxylation is 2. The zero-order valence-corrected chi connectivity index (χ0v) is 12.5. The number of para-hydroxylation sites is 1. The number of carboxylic acids is 1. The lowest BCUT2D eigenvalue weighted by molar-refractivity contribution is 0.0698. The molecule has 3 N–H and O–H groups in total. The van der Waals surface area contributed by atoms with Crippen LogP contribution in [0.3, 0.4) is 0 Å². The van der Waals surface area contributed by atoms with Gasteiger partial charge in [0.25, 0.3) is 0 Å². The van der Waals surface area contributed by atoms with E-state index in [0.717, 1.165) is 9.88 Å². The Kier molecular flexibility index (Phi) is 4.54. The van der Waals surface area contributed by atoms with Crippen molar-refractivity contribution in [3.05, 3.63) is 45.4 Å². The minimum Gasteiger partial charge on any atom is -0.478 e. The summed E-state index contributed by atoms with van der Waals surface area (Å²) in [5.41, 5.74) is 1.07. The number of urea groups is 1. The van der Waals surface area contributed by atoms with Crippen LogP contribution >= 0.6 is 11.3 Å². The molecule has 110 valence electrons. The summed E-state index contributed by atoms with van der Waals surface area (Å²) in [6.45, 7) is 3.99. The predicted molar refractivity (Wildman–Crippen MR) is 80.8 cm³/mol. The van der Waals surface area contributed by atoms with Crippen LogP contribution in [-0.2, 0) is 6.54 Å². The SMILES string of the molecule is Cc1ncc(CNC(=O)Nc2c(C)cccc2C(=O)O)s1. The number of nitrogens with zero attached hydrogens (tertiary/aromatic N) is 1. The number of thiazole rings is 1. The van der Waals surface area contributed by atoms with E-state index in [1.54, 1.807) is 25.3 Å². The molecule has 21 heavy (non-hydrogen) atoms. The van der Waals surface area contributed by atoms with Crippen LogP contribution < -0.4 is 10.6 Å². The number of carboxylic acid groups (broad SMARTS) is 1. The van der Waals surface area contributed by atoms with Crippen molar-refractivity contribution in [3.8, 4) is 0 Å². The van der Waals surface area contributed by atoms with Gasteiger partial charge in [-0.25, -0.2) is 14.6 Å². The first-order valence-corrected chi connectivity index (χ1v) is 7.08. The molecule has 7 heteroatoms. The van der Waals surface area contributed by atoms with Crippen LogP contribution in [0.1, 0.15) is 25.8 Å². The molecule has 2 amide bonds. The Balaban J connectivity index is 2.04. The van der Waals surface area contributed by atoms with Crippen molar-refractivity contribution in [1.82, 2.24) is 10.3 Å². The van der Waals surface area contributed by atoms with Gasteiger partial charge in [-0.15, -0.1) is 11.3 Å². The van der Waals surface area contributed by atoms with Crippen LogP contribution in [0.25, 0.3) is 0 Å². The highest BCUT2D eigenvalue weighted by atomic mass is 32.1. The maximum absolute atomic E-state index is 11.9. The van der Waals surface area contributed by atoms with Crippen LogP contribution in [0, 0.1) is 13.8 Å². The van der Waals surface area contributed by atoms with Gasteiger partial charge in [-0.3, -0.25) is 0 Å². The smallest absolute Gasteiger partial charge is 0.337 e. The maximum Gasteiger partial charge on any atom is 0.337 e. The second-order valence-corrected chi connectivity index (χ2v) is 5.78. The Morgan fingerprint density at radius 1 is 1.33 bits per heavy atom. The topological polar surface area (TPSA) is 91.3 Å². The zero-order chi connectivity index (χ0) is 15.4. The molecule has 0 saturated carbocycles. The third kappa shape index (κ3) is 3.79. The first-order valence-electron chi connectivity index (χ1n) is 6.26. The number of anilines is 1. The number of hydrogen-bond donors (Lipinski definition) is 3. The maximum atomic E-state index is 11.9. The van der Waals surface area contributed by atoms with Gasteiger partial charge in [-0.1, -0.05) is 12.1 Å². The number of amides is 2. The van der Waals surface area contributed by atoms with E-state index in [1.165, 1.54) is 17.4 Å². The molecule has 0 atom stereocenters. The van der Waals surface area contributed by atoms with Crippen LogP contribution in [0.2, 0.25) is 0 Å². The van der Waals surface area contributed by atoms with E-state index in [1.807, 2.05) is 6.92 Å². The number of aromatic nitrogens is 1. The summed E-state index contributed by atoms with van der Waals surface area (Å²) in [7, 11) is 0. The number of carbonyl (C=O) groups is 2. The van der Waals surface area contributed by atoms with Crippen LogP contribution in [-0.4, -0.2) is 22.1 Å². The zero-order valence-electron chi connectivity index (χ0n) is 11.6. The minimum atomic E-state index is -1.08. The fourth-order valence-electron chi connectivity index (χ4n) is 1.82. The highest BCUT2D eigenvalue weighted by Crippen LogP contribution is 2.20. The number of aromatic carboxylic acids is 1. The van der Waals surface area contributed by atoms with E-state index >= 15 is 0 Å². The van der Waals surface area contributed by atoms with Crippen molar-refractivity contribution >= 4 is 29.0 Å². The Hall–Kier alpha value is -2.41. The van der Waals surface area contributed by atoms with E-state index in [0.29, 0.717) is 17.8 Å². The van der Waals surface area contributed by atoms with Crippen molar-refractivity contribution in [1.29, 1.82) is 0 Å². The third-order valence-corrected chi connectivity index (χ3v) is 3.75. The van der Waals surface area contributed by atoms with Gasteiger partial charge in [0.2, 0.25) is 0 Å². The number of benzene rings is 1. The first kappa shape index (κ1) is 15.0. The van der Waals surface area contributed by atoms with E-state index in [9.17, 15) is 9.59 Å². The fraction of sp³-hybridized carbons (Fsp3) is 0.214. The summed E-state index contributed by atoms with van der Waals surface area (Å²) in [6.07, 6.45) is 1.71. The Labute approximate surface area is 125 Å². The molecule has 1 heterocycles. The lowest BCUT2D eigenvalue weighted by Crippen LogP contribution is -2.29. The van der Waals surface area contributed by atoms with E-state index in [2.05, 4.69) is 15.6 Å². The summed E-state index contributed by atoms with van der Waals surface area (Å²) in [5.74, 6) is -1.08. The van der Waals surface area contributed by atoms with Gasteiger partial charge in [0.05, 0.1) is 22.8 Å². The van der Waals surface area contributed by atoms with Gasteiger partial charge in [-0.05, 0) is 25.5 Å². The molecule has 2 rings (SSSR count). The highest BCUT2D eigenvalue weighted by molar-refractivity contribution is 7.11. The second-order valence-electron chi connectivity index (χ2n) is 4.46. The molecule has 0 spiro atoms. The number of rotatable bonds is 4. The molecule has 0 aliphatic heterocycles. The monoisotopic (exact) mass is 305 g/mol. The molecule has 0 aliphatic rings. The van der Waals surface area contributed by atoms with Gasteiger partial charge in [0.15, 0.2) is 0 Å². The average Bonchev–Trinajstić information content (AvgIpc) is 2.84. The van der Waals surface area contributed by atoms with Gasteiger partial charge >= 0.3 is 12.0 Å². The molecule has 0 aliphatic carbocycles. The average molecular weight is 305 g/mol. The molecule has 6 nitrogen and oxygen atoms in total. The predicted octanol–water partition coefficient (Wildman–Crippen LogP) is 2.78. The summed E-state index contributed by atoms with van der Waals surface area (Å²) >= 11 is 1.50. The van der Waals surface area contributed by atoms with Gasteiger partial charge in [0, 0.05) is 11.1 Å². The second kappa shape index (κ2) is 6.36. The molecule has 0 bridgehead atoms. The van der Waals surface area contributed by atoms with Gasteiger partial charge in [-0.2, -0.15) is 0 Å². The lowest BCUT2D eigenvalue weighted by Gasteiger charge is -2.12. The van der Waals surface area contributed by atoms with Crippen molar-refractivity contribution in [3.63, 3.8) is 0 Å². The van der Waals surface area contributed by atoms with Crippen molar-refractivity contribution in [2.24, 2.45) is 0 Å². The number of hydrogen-bond acceptors (Lipinski definition) is 4. The molecular weight excluding hydrogens is 290 g/mol. The summed E-state index contributed by atoms with van der Waals surface area (Å²) in [4.78, 5) is 28.1. The molecular formula is C14H15N3O3S. The molecule has 1 aromatic carbocycles. The summed E-state index contributed by atoms with van der Waals surface area (Å²) in [5, 5.41) is 15.3. The minimum absolute atomic E-state index is 0.0683. The van der Waals surface area contributed by atoms with E-state index < -0.39 is 12.0 Å². The van der Waals surface area contributed by atoms with Gasteiger partial charge < -0.3 is 15.7 Å². The third-order valence-electron chi connectivity index (χ3n) is 2.83. The molecule has 0 radical (unpaired) electrons. The number of nitrogens with one attached hydrogen (secondary N) is 2. The highest BCUT2D eigenvalue weighted by Gasteiger charge is 2.14. The van der Waals surface area contributed by atoms with Crippen LogP contribution in [0.4, 0.5) is 10.5 Å². The van der Waals surface area contributed by atoms with Crippen molar-refractivity contribution in [2.75, 3.05) is 5.32 Å². The Morgan fingerprint density at radius 2 is 2.10 bits per heavy atom. The normalized spacial score (nSPS) is 10.2. The summed E-state index contributed by atoms with van der Waals surface area (Å²) in [6, 6.07) is 4.39. The fourth-order valence-corrected chi connectivity index (χ4v) is 2.56. The van der Waals surface area contributed by atoms with Gasteiger partial charge in [0.1, 0.15) is 0 Å². The summed E-state index contributed by atoms with van der Waals surface area (Å²) < 4.78 is 0. The quantitative estimate of drug-likeness (QED) is 0.810. The molecule has 0 unspecified atom stereocenters. The van der Waals surface area contributed by atoms with Crippen molar-refractivity contribution in [2.45, 2.75) is 20.4 Å². The largest absolute Gasteiger partial charge is 0.478 e. The van der Waals surface area contributed by atoms with Crippen LogP contribution in [0.15, 0.2) is 24.4 Å². The van der Waals surface area contributed by atoms with Crippen molar-refractivity contribution < 1.29 is 14.7 Å². The van der Waals surface area contributed by atoms with E-state index in [-0.39, 0.29) is 5.56 Å². The number of carbonyl (C=O) groups excluding carboxylic acids is 1. The molecule has 2 aromatic rings.